The first-order valence-corrected chi connectivity index (χ1v) is 9.09. The monoisotopic (exact) mass is 390 g/mol. The van der Waals surface area contributed by atoms with Crippen LogP contribution in [0.1, 0.15) is 25.7 Å². The van der Waals surface area contributed by atoms with Crippen LogP contribution in [0.4, 0.5) is 4.39 Å². The lowest BCUT2D eigenvalue weighted by Crippen LogP contribution is -2.03. The summed E-state index contributed by atoms with van der Waals surface area (Å²) in [5.74, 6) is 1.07. The molecule has 0 aliphatic carbocycles. The number of hydrogen-bond donors (Lipinski definition) is 0. The first kappa shape index (κ1) is 14.6. The van der Waals surface area contributed by atoms with Gasteiger partial charge in [-0.15, -0.1) is 11.3 Å². The molecule has 0 amide bonds. The van der Waals surface area contributed by atoms with Crippen LogP contribution < -0.4 is 0 Å². The van der Waals surface area contributed by atoms with Gasteiger partial charge in [0, 0.05) is 15.1 Å². The highest BCUT2D eigenvalue weighted by molar-refractivity contribution is 9.10. The summed E-state index contributed by atoms with van der Waals surface area (Å²) in [5.41, 5.74) is 1.24. The lowest BCUT2D eigenvalue weighted by Gasteiger charge is -2.08. The van der Waals surface area contributed by atoms with Crippen LogP contribution in [0.3, 0.4) is 0 Å². The maximum atomic E-state index is 14.1. The van der Waals surface area contributed by atoms with Gasteiger partial charge >= 0.3 is 0 Å². The lowest BCUT2D eigenvalue weighted by molar-refractivity contribution is 0.103. The van der Waals surface area contributed by atoms with E-state index in [2.05, 4.69) is 15.9 Å². The highest BCUT2D eigenvalue weighted by Gasteiger charge is 2.22. The van der Waals surface area contributed by atoms with Crippen LogP contribution in [0, 0.1) is 5.82 Å². The van der Waals surface area contributed by atoms with Crippen molar-refractivity contribution in [3.05, 3.63) is 54.4 Å². The minimum Gasteiger partial charge on any atom is -0.288 e. The van der Waals surface area contributed by atoms with Gasteiger partial charge in [0.05, 0.1) is 15.5 Å². The van der Waals surface area contributed by atoms with Crippen molar-refractivity contribution in [3.63, 3.8) is 0 Å². The molecule has 20 heavy (non-hydrogen) atoms. The Morgan fingerprint density at radius 1 is 1.40 bits per heavy atom. The molecule has 0 atom stereocenters. The number of carbonyl (C=O) groups is 1. The molecular weight excluding hydrogens is 383 g/mol. The number of benzene rings is 1. The molecular formula is C14H9BrClFOS2. The highest BCUT2D eigenvalue weighted by Crippen LogP contribution is 2.34. The van der Waals surface area contributed by atoms with Gasteiger partial charge < -0.3 is 0 Å². The third-order valence-corrected chi connectivity index (χ3v) is 6.63. The molecule has 2 aromatic rings. The van der Waals surface area contributed by atoms with E-state index in [4.69, 9.17) is 11.6 Å². The molecule has 3 rings (SSSR count). The molecule has 0 spiro atoms. The van der Waals surface area contributed by atoms with E-state index < -0.39 is 5.82 Å². The minimum absolute atomic E-state index is 0.0319. The predicted molar refractivity (Wildman–Crippen MR) is 86.7 cm³/mol. The number of thioether (sulfide) groups is 1. The third kappa shape index (κ3) is 2.56. The molecule has 0 unspecified atom stereocenters. The zero-order valence-electron chi connectivity index (χ0n) is 10.2. The van der Waals surface area contributed by atoms with E-state index in [1.807, 2.05) is 17.8 Å². The Kier molecular flexibility index (Phi) is 4.22. The fourth-order valence-electron chi connectivity index (χ4n) is 2.09. The highest BCUT2D eigenvalue weighted by atomic mass is 79.9. The molecule has 0 bridgehead atoms. The summed E-state index contributed by atoms with van der Waals surface area (Å²) in [7, 11) is 0. The predicted octanol–water partition coefficient (Wildman–Crippen LogP) is 5.32. The van der Waals surface area contributed by atoms with Crippen LogP contribution in [-0.2, 0) is 12.2 Å². The second-order valence-corrected chi connectivity index (χ2v) is 7.89. The van der Waals surface area contributed by atoms with Crippen molar-refractivity contribution < 1.29 is 9.18 Å². The minimum atomic E-state index is -0.660. The van der Waals surface area contributed by atoms with Crippen LogP contribution in [0.25, 0.3) is 0 Å². The topological polar surface area (TPSA) is 17.1 Å². The van der Waals surface area contributed by atoms with Crippen molar-refractivity contribution in [1.29, 1.82) is 0 Å². The van der Waals surface area contributed by atoms with Crippen molar-refractivity contribution in [3.8, 4) is 0 Å². The lowest BCUT2D eigenvalue weighted by atomic mass is 10.1. The molecule has 1 aliphatic heterocycles. The quantitative estimate of drug-likeness (QED) is 0.509. The Hall–Kier alpha value is -0.360. The van der Waals surface area contributed by atoms with Crippen molar-refractivity contribution in [2.45, 2.75) is 12.2 Å². The van der Waals surface area contributed by atoms with Crippen molar-refractivity contribution >= 4 is 56.4 Å². The first-order chi connectivity index (χ1) is 9.58. The van der Waals surface area contributed by atoms with Crippen LogP contribution in [0.5, 0.6) is 0 Å². The molecule has 2 heterocycles. The van der Waals surface area contributed by atoms with Gasteiger partial charge in [-0.2, -0.15) is 11.8 Å². The zero-order valence-corrected chi connectivity index (χ0v) is 14.2. The third-order valence-electron chi connectivity index (χ3n) is 3.13. The number of rotatable bonds is 2. The standard InChI is InChI=1S/C14H9BrClFOS2/c15-9-2-1-8(13(17)12(9)16)14(18)11-5-7-6-19-4-3-10(7)20-11/h1-2,5H,3-4,6H2. The molecule has 0 saturated carbocycles. The maximum absolute atomic E-state index is 14.1. The summed E-state index contributed by atoms with van der Waals surface area (Å²) >= 11 is 12.3. The number of ketones is 1. The van der Waals surface area contributed by atoms with Gasteiger partial charge in [0.2, 0.25) is 5.78 Å². The molecule has 0 saturated heterocycles. The summed E-state index contributed by atoms with van der Waals surface area (Å²) < 4.78 is 14.6. The molecule has 104 valence electrons. The summed E-state index contributed by atoms with van der Waals surface area (Å²) in [4.78, 5) is 14.3. The molecule has 1 nitrogen and oxygen atoms in total. The Bertz CT molecular complexity index is 675. The fraction of sp³-hybridized carbons (Fsp3) is 0.214. The van der Waals surface area contributed by atoms with Crippen molar-refractivity contribution in [2.24, 2.45) is 0 Å². The molecule has 0 N–H and O–H groups in total. The number of thiophene rings is 1. The second kappa shape index (κ2) is 5.79. The molecule has 6 heteroatoms. The number of halogens is 3. The first-order valence-electron chi connectivity index (χ1n) is 5.95. The Balaban J connectivity index is 2.01. The molecule has 1 aliphatic rings. The van der Waals surface area contributed by atoms with E-state index in [-0.39, 0.29) is 16.4 Å². The SMILES string of the molecule is O=C(c1cc2c(s1)CCSC2)c1ccc(Br)c(Cl)c1F. The summed E-state index contributed by atoms with van der Waals surface area (Å²) in [6.07, 6.45) is 0.988. The van der Waals surface area contributed by atoms with E-state index >= 15 is 0 Å². The maximum Gasteiger partial charge on any atom is 0.205 e. The number of hydrogen-bond acceptors (Lipinski definition) is 3. The molecule has 1 aromatic carbocycles. The van der Waals surface area contributed by atoms with E-state index in [0.717, 1.165) is 17.9 Å². The Morgan fingerprint density at radius 2 is 2.20 bits per heavy atom. The summed E-state index contributed by atoms with van der Waals surface area (Å²) in [5, 5.41) is -0.0484. The Morgan fingerprint density at radius 3 is 2.95 bits per heavy atom. The average Bonchev–Trinajstić information content (AvgIpc) is 2.88. The average molecular weight is 392 g/mol. The Labute approximate surface area is 137 Å². The number of fused-ring (bicyclic) bond motifs is 1. The zero-order chi connectivity index (χ0) is 14.3. The van der Waals surface area contributed by atoms with Gasteiger partial charge in [0.1, 0.15) is 0 Å². The van der Waals surface area contributed by atoms with Crippen LogP contribution in [-0.4, -0.2) is 11.5 Å². The van der Waals surface area contributed by atoms with Crippen molar-refractivity contribution in [2.75, 3.05) is 5.75 Å². The molecule has 0 fully saturated rings. The van der Waals surface area contributed by atoms with Crippen LogP contribution in [0.2, 0.25) is 5.02 Å². The largest absolute Gasteiger partial charge is 0.288 e. The van der Waals surface area contributed by atoms with E-state index in [1.165, 1.54) is 27.8 Å². The van der Waals surface area contributed by atoms with Crippen LogP contribution >= 0.6 is 50.6 Å². The van der Waals surface area contributed by atoms with E-state index in [1.54, 1.807) is 6.07 Å². The van der Waals surface area contributed by atoms with E-state index in [9.17, 15) is 9.18 Å². The second-order valence-electron chi connectivity index (χ2n) is 4.41. The summed E-state index contributed by atoms with van der Waals surface area (Å²) in [6.45, 7) is 0. The van der Waals surface area contributed by atoms with Gasteiger partial charge in [-0.3, -0.25) is 4.79 Å². The number of aryl methyl sites for hydroxylation is 1. The fourth-order valence-corrected chi connectivity index (χ4v) is 4.89. The normalized spacial score (nSPS) is 14.2. The summed E-state index contributed by atoms with van der Waals surface area (Å²) in [6, 6.07) is 4.97. The van der Waals surface area contributed by atoms with E-state index in [0.29, 0.717) is 9.35 Å². The van der Waals surface area contributed by atoms with Gasteiger partial charge in [0.15, 0.2) is 5.82 Å². The molecule has 0 radical (unpaired) electrons. The van der Waals surface area contributed by atoms with Gasteiger partial charge in [-0.25, -0.2) is 4.39 Å². The van der Waals surface area contributed by atoms with Gasteiger partial charge in [-0.05, 0) is 51.9 Å². The van der Waals surface area contributed by atoms with Gasteiger partial charge in [-0.1, -0.05) is 11.6 Å². The molecule has 1 aromatic heterocycles. The van der Waals surface area contributed by atoms with Crippen LogP contribution in [0.15, 0.2) is 22.7 Å². The number of carbonyl (C=O) groups excluding carboxylic acids is 1. The van der Waals surface area contributed by atoms with Gasteiger partial charge in [0.25, 0.3) is 0 Å². The smallest absolute Gasteiger partial charge is 0.205 e. The van der Waals surface area contributed by atoms with Crippen molar-refractivity contribution in [1.82, 2.24) is 0 Å².